The molecule has 2 amide bonds. The lowest BCUT2D eigenvalue weighted by Gasteiger charge is -2.30. The van der Waals surface area contributed by atoms with Crippen molar-refractivity contribution >= 4 is 75.1 Å². The minimum Gasteiger partial charge on any atom is -0.507 e. The van der Waals surface area contributed by atoms with E-state index in [-0.39, 0.29) is 65.3 Å². The average Bonchev–Trinajstić information content (AvgIpc) is 4.03. The quantitative estimate of drug-likeness (QED) is 0.0131. The number of thioether (sulfide) groups is 1. The van der Waals surface area contributed by atoms with Gasteiger partial charge in [0.1, 0.15) is 59.9 Å². The van der Waals surface area contributed by atoms with Crippen LogP contribution in [0.4, 0.5) is 5.82 Å². The van der Waals surface area contributed by atoms with E-state index in [9.17, 15) is 67.8 Å². The molecule has 2 aromatic heterocycles. The Balaban J connectivity index is 0.975. The third-order valence-corrected chi connectivity index (χ3v) is 15.5. The molecule has 75 heavy (non-hydrogen) atoms. The monoisotopic (exact) mass is 1140 g/mol. The van der Waals surface area contributed by atoms with Crippen molar-refractivity contribution in [1.29, 1.82) is 0 Å². The molecule has 2 aliphatic heterocycles. The summed E-state index contributed by atoms with van der Waals surface area (Å²) >= 11 is 0.975. The predicted molar refractivity (Wildman–Crippen MR) is 265 cm³/mol. The highest BCUT2D eigenvalue weighted by Gasteiger charge is 2.50. The summed E-state index contributed by atoms with van der Waals surface area (Å²) in [5.41, 5.74) is 8.18. The Kier molecular flexibility index (Phi) is 21.1. The molecule has 5 rings (SSSR count). The molecule has 11 N–H and O–H groups in total. The van der Waals surface area contributed by atoms with Gasteiger partial charge in [-0.15, -0.1) is 0 Å². The Labute approximate surface area is 433 Å². The molecule has 2 unspecified atom stereocenters. The van der Waals surface area contributed by atoms with Gasteiger partial charge in [-0.05, 0) is 51.7 Å². The molecule has 0 saturated carbocycles. The molecule has 0 bridgehead atoms. The van der Waals surface area contributed by atoms with Crippen molar-refractivity contribution in [2.75, 3.05) is 44.9 Å². The minimum atomic E-state index is -5.61. The number of hydrogen-bond donors (Lipinski definition) is 10. The Morgan fingerprint density at radius 1 is 1.03 bits per heavy atom. The maximum absolute atomic E-state index is 12.8. The van der Waals surface area contributed by atoms with Gasteiger partial charge in [0.25, 0.3) is 0 Å². The van der Waals surface area contributed by atoms with E-state index in [1.807, 2.05) is 32.9 Å². The number of benzene rings is 1. The maximum Gasteiger partial charge on any atom is 0.481 e. The van der Waals surface area contributed by atoms with Crippen LogP contribution in [0.3, 0.4) is 0 Å². The van der Waals surface area contributed by atoms with E-state index in [0.29, 0.717) is 36.1 Å². The van der Waals surface area contributed by atoms with Crippen LogP contribution in [0.1, 0.15) is 80.2 Å². The van der Waals surface area contributed by atoms with Gasteiger partial charge in [-0.25, -0.2) is 33.4 Å². The molecule has 4 heterocycles. The number of phosphoric acid groups is 3. The number of aromatic nitrogens is 4. The Hall–Kier alpha value is -4.93. The van der Waals surface area contributed by atoms with E-state index in [1.165, 1.54) is 27.0 Å². The van der Waals surface area contributed by atoms with Crippen LogP contribution in [0.5, 0.6) is 11.5 Å². The highest BCUT2D eigenvalue weighted by atomic mass is 32.2. The molecule has 0 aliphatic carbocycles. The summed E-state index contributed by atoms with van der Waals surface area (Å²) in [6, 6.07) is 0. The number of nitrogens with one attached hydrogen (secondary N) is 2. The number of anilines is 1. The number of aliphatic hydroxyl groups is 2. The van der Waals surface area contributed by atoms with E-state index < -0.39 is 90.5 Å². The number of hydrogen-bond acceptors (Lipinski definition) is 22. The lowest BCUT2D eigenvalue weighted by atomic mass is 9.87. The molecular weight excluding hydrogens is 1080 g/mol. The number of amides is 2. The zero-order valence-electron chi connectivity index (χ0n) is 41.4. The SMILES string of the molecule is COc1c(C)c2c(c(O)c1C/C=C(\C)CC/C=C(C)/C=C/C(=O)SCCNC(=O)CCNC(=O)[C@H](O)C(C)(C)COP(=O)(O)OP(=O)(O)OC[C@H]1O[C@@H](n3cnc4c(N)ncnc43)[C@H](O)[C@@H]1OP(=O)(O)O)C(=O)OC2. The number of esters is 1. The summed E-state index contributed by atoms with van der Waals surface area (Å²) in [5.74, 6) is -1.48. The number of cyclic esters (lactones) is 1. The number of fused-ring (bicyclic) bond motifs is 2. The van der Waals surface area contributed by atoms with Crippen molar-refractivity contribution in [3.8, 4) is 11.5 Å². The van der Waals surface area contributed by atoms with Gasteiger partial charge in [0.15, 0.2) is 17.7 Å². The molecule has 1 aromatic carbocycles. The van der Waals surface area contributed by atoms with E-state index in [0.717, 1.165) is 45.7 Å². The molecule has 3 aromatic rings. The first kappa shape index (κ1) is 60.9. The van der Waals surface area contributed by atoms with Gasteiger partial charge in [-0.1, -0.05) is 55.0 Å². The third-order valence-electron chi connectivity index (χ3n) is 11.5. The molecule has 32 heteroatoms. The molecule has 2 aliphatic rings. The standard InChI is InChI=1S/C43H60N7O21P3S/c1-23(10-12-26-33(53)31-27(18-66-42(31)57)25(3)35(26)65-6)8-7-9-24(2)11-13-30(52)75-17-16-45-29(51)14-15-46-40(56)37(55)43(4,5)20-68-74(63,64)71-73(61,62)67-19-28-36(70-72(58,59)60)34(54)41(69-28)50-22-49-32-38(44)47-21-48-39(32)50/h9-11,13,21-22,28,34,36-37,41,53-55H,7-8,12,14-20H2,1-6H3,(H,45,51)(H,46,56)(H,61,62)(H,63,64)(H2,44,47,48)(H2,58,59,60)/b13-11+,23-10+,24-9+/t28-,34-,36-,37+,41-/m1/s1. The van der Waals surface area contributed by atoms with Crippen LogP contribution in [0.2, 0.25) is 0 Å². The van der Waals surface area contributed by atoms with Gasteiger partial charge in [0.2, 0.25) is 16.9 Å². The number of rotatable bonds is 27. The third kappa shape index (κ3) is 16.8. The van der Waals surface area contributed by atoms with Gasteiger partial charge in [-0.3, -0.25) is 32.5 Å². The number of aromatic hydroxyl groups is 1. The molecular formula is C43H60N7O21P3S. The summed E-state index contributed by atoms with van der Waals surface area (Å²) in [7, 11) is -15.0. The largest absolute Gasteiger partial charge is 0.507 e. The van der Waals surface area contributed by atoms with Crippen LogP contribution in [-0.4, -0.2) is 141 Å². The van der Waals surface area contributed by atoms with Crippen LogP contribution < -0.4 is 21.1 Å². The topological polar surface area (TPSA) is 419 Å². The molecule has 0 radical (unpaired) electrons. The van der Waals surface area contributed by atoms with E-state index in [4.69, 9.17) is 29.0 Å². The number of ether oxygens (including phenoxy) is 3. The van der Waals surface area contributed by atoms with Crippen LogP contribution in [0.15, 0.2) is 48.1 Å². The number of methoxy groups -OCH3 is 1. The summed E-state index contributed by atoms with van der Waals surface area (Å²) in [5, 5.41) is 37.2. The van der Waals surface area contributed by atoms with Gasteiger partial charge in [0, 0.05) is 41.8 Å². The normalized spacial score (nSPS) is 20.4. The molecule has 1 saturated heterocycles. The molecule has 0 spiro atoms. The summed E-state index contributed by atoms with van der Waals surface area (Å²) < 4.78 is 73.2. The van der Waals surface area contributed by atoms with E-state index in [2.05, 4.69) is 34.4 Å². The van der Waals surface area contributed by atoms with Crippen molar-refractivity contribution in [3.05, 3.63) is 70.4 Å². The first-order valence-corrected chi connectivity index (χ1v) is 28.2. The number of carbonyl (C=O) groups is 4. The second-order valence-electron chi connectivity index (χ2n) is 17.7. The highest BCUT2D eigenvalue weighted by molar-refractivity contribution is 8.14. The first-order chi connectivity index (χ1) is 35.0. The number of phenolic OH excluding ortho intramolecular Hbond substituents is 1. The average molecular weight is 1140 g/mol. The summed E-state index contributed by atoms with van der Waals surface area (Å²) in [6.07, 6.45) is 1.66. The number of nitrogen functional groups attached to an aromatic ring is 1. The summed E-state index contributed by atoms with van der Waals surface area (Å²) in [6.45, 7) is 6.01. The van der Waals surface area contributed by atoms with Gasteiger partial charge in [0.05, 0.1) is 26.7 Å². The Morgan fingerprint density at radius 3 is 2.43 bits per heavy atom. The molecule has 7 atom stereocenters. The number of carbonyl (C=O) groups excluding carboxylic acids is 4. The number of nitrogens with two attached hydrogens (primary N) is 1. The highest BCUT2D eigenvalue weighted by Crippen LogP contribution is 2.61. The number of phosphoric ester groups is 3. The maximum atomic E-state index is 12.8. The fourth-order valence-electron chi connectivity index (χ4n) is 7.53. The number of nitrogens with zero attached hydrogens (tertiary/aromatic N) is 4. The van der Waals surface area contributed by atoms with Gasteiger partial charge < -0.3 is 65.5 Å². The Bertz CT molecular complexity index is 2860. The predicted octanol–water partition coefficient (Wildman–Crippen LogP) is 2.83. The number of aliphatic hydroxyl groups excluding tert-OH is 2. The summed E-state index contributed by atoms with van der Waals surface area (Å²) in [4.78, 5) is 101. The van der Waals surface area contributed by atoms with Crippen LogP contribution in [-0.2, 0) is 68.5 Å². The van der Waals surface area contributed by atoms with Crippen molar-refractivity contribution in [3.63, 3.8) is 0 Å². The second kappa shape index (κ2) is 25.9. The van der Waals surface area contributed by atoms with Crippen molar-refractivity contribution < 1.29 is 99.9 Å². The second-order valence-corrected chi connectivity index (χ2v) is 23.1. The van der Waals surface area contributed by atoms with Gasteiger partial charge in [-0.2, -0.15) is 4.31 Å². The lowest BCUT2D eigenvalue weighted by Crippen LogP contribution is -2.46. The van der Waals surface area contributed by atoms with Crippen LogP contribution in [0.25, 0.3) is 11.2 Å². The van der Waals surface area contributed by atoms with Crippen LogP contribution in [0, 0.1) is 12.3 Å². The molecule has 1 fully saturated rings. The van der Waals surface area contributed by atoms with Crippen LogP contribution >= 0.6 is 35.2 Å². The minimum absolute atomic E-state index is 0.0194. The zero-order chi connectivity index (χ0) is 55.6. The van der Waals surface area contributed by atoms with Crippen molar-refractivity contribution in [1.82, 2.24) is 30.2 Å². The fraction of sp³-hybridized carbons (Fsp3) is 0.512. The first-order valence-electron chi connectivity index (χ1n) is 22.7. The number of allylic oxidation sites excluding steroid dienone is 5. The van der Waals surface area contributed by atoms with E-state index in [1.54, 1.807) is 6.08 Å². The number of phenols is 1. The lowest BCUT2D eigenvalue weighted by molar-refractivity contribution is -0.137. The molecule has 28 nitrogen and oxygen atoms in total. The van der Waals surface area contributed by atoms with Gasteiger partial charge >= 0.3 is 29.4 Å². The zero-order valence-corrected chi connectivity index (χ0v) is 44.9. The fourth-order valence-corrected chi connectivity index (χ4v) is 10.9. The van der Waals surface area contributed by atoms with E-state index >= 15 is 0 Å². The smallest absolute Gasteiger partial charge is 0.481 e. The number of imidazole rings is 1. The Morgan fingerprint density at radius 2 is 1.73 bits per heavy atom. The van der Waals surface area contributed by atoms with Crippen molar-refractivity contribution in [2.24, 2.45) is 5.41 Å². The molecule has 414 valence electrons. The van der Waals surface area contributed by atoms with Crippen molar-refractivity contribution in [2.45, 2.75) is 97.6 Å².